The zero-order chi connectivity index (χ0) is 22.1. The van der Waals surface area contributed by atoms with Crippen molar-refractivity contribution in [3.05, 3.63) is 40.9 Å². The molecule has 0 spiro atoms. The lowest BCUT2D eigenvalue weighted by Crippen LogP contribution is -2.54. The van der Waals surface area contributed by atoms with Crippen molar-refractivity contribution in [3.63, 3.8) is 0 Å². The third-order valence-electron chi connectivity index (χ3n) is 4.13. The van der Waals surface area contributed by atoms with Gasteiger partial charge in [0, 0.05) is 30.7 Å². The van der Waals surface area contributed by atoms with E-state index in [9.17, 15) is 14.7 Å². The topological polar surface area (TPSA) is 109 Å². The number of ether oxygens (including phenoxy) is 1. The van der Waals surface area contributed by atoms with Crippen molar-refractivity contribution >= 4 is 47.1 Å². The van der Waals surface area contributed by atoms with Crippen LogP contribution < -0.4 is 20.7 Å². The highest BCUT2D eigenvalue weighted by atomic mass is 35.5. The SMILES string of the molecule is C=CC(C[C@H](O)CNC(=O)COc1ccc(Cl)c(Cl)c1)NC(=O)C1COSC(C)N1. The monoisotopic (exact) mass is 477 g/mol. The van der Waals surface area contributed by atoms with Crippen LogP contribution in [0.3, 0.4) is 0 Å². The van der Waals surface area contributed by atoms with E-state index < -0.39 is 24.1 Å². The molecule has 4 N–H and O–H groups in total. The van der Waals surface area contributed by atoms with Gasteiger partial charge in [-0.15, -0.1) is 6.58 Å². The first-order valence-corrected chi connectivity index (χ1v) is 10.8. The van der Waals surface area contributed by atoms with Crippen LogP contribution in [0.15, 0.2) is 30.9 Å². The minimum Gasteiger partial charge on any atom is -0.484 e. The molecule has 1 aliphatic heterocycles. The number of carbonyl (C=O) groups excluding carboxylic acids is 2. The van der Waals surface area contributed by atoms with Crippen LogP contribution in [0.4, 0.5) is 0 Å². The number of amides is 2. The number of hydrogen-bond donors (Lipinski definition) is 4. The number of benzene rings is 1. The van der Waals surface area contributed by atoms with Gasteiger partial charge >= 0.3 is 0 Å². The van der Waals surface area contributed by atoms with Gasteiger partial charge in [-0.2, -0.15) is 0 Å². The highest BCUT2D eigenvalue weighted by Crippen LogP contribution is 2.26. The molecule has 3 unspecified atom stereocenters. The highest BCUT2D eigenvalue weighted by Gasteiger charge is 2.27. The fourth-order valence-electron chi connectivity index (χ4n) is 2.59. The Bertz CT molecular complexity index is 755. The lowest BCUT2D eigenvalue weighted by molar-refractivity contribution is -0.125. The fraction of sp³-hybridized carbons (Fsp3) is 0.474. The first kappa shape index (κ1) is 24.8. The molecule has 11 heteroatoms. The molecule has 1 aliphatic rings. The van der Waals surface area contributed by atoms with Gasteiger partial charge in [0.15, 0.2) is 6.61 Å². The second kappa shape index (κ2) is 12.4. The van der Waals surface area contributed by atoms with Crippen LogP contribution in [0, 0.1) is 0 Å². The van der Waals surface area contributed by atoms with Gasteiger partial charge in [0.2, 0.25) is 5.91 Å². The van der Waals surface area contributed by atoms with Crippen molar-refractivity contribution in [3.8, 4) is 5.75 Å². The van der Waals surface area contributed by atoms with Gasteiger partial charge < -0.3 is 24.7 Å². The predicted octanol–water partition coefficient (Wildman–Crippen LogP) is 1.89. The molecular weight excluding hydrogens is 453 g/mol. The van der Waals surface area contributed by atoms with E-state index in [1.807, 2.05) is 6.92 Å². The zero-order valence-corrected chi connectivity index (χ0v) is 18.7. The maximum Gasteiger partial charge on any atom is 0.258 e. The van der Waals surface area contributed by atoms with Gasteiger partial charge in [0.1, 0.15) is 11.8 Å². The number of nitrogens with one attached hydrogen (secondary N) is 3. The standard InChI is InChI=1S/C19H25Cl2N3O5S/c1-3-12(24-19(27)17-9-29-30-11(2)23-17)6-13(25)8-22-18(26)10-28-14-4-5-15(20)16(21)7-14/h3-5,7,11-13,17,23,25H,1,6,8-10H2,2H3,(H,22,26)(H,24,27)/t11?,12?,13-,17?/m0/s1. The average molecular weight is 478 g/mol. The van der Waals surface area contributed by atoms with Crippen molar-refractivity contribution in [1.29, 1.82) is 0 Å². The van der Waals surface area contributed by atoms with Gasteiger partial charge in [-0.05, 0) is 25.5 Å². The van der Waals surface area contributed by atoms with Crippen molar-refractivity contribution in [1.82, 2.24) is 16.0 Å². The highest BCUT2D eigenvalue weighted by molar-refractivity contribution is 7.95. The van der Waals surface area contributed by atoms with Crippen LogP contribution in [0.25, 0.3) is 0 Å². The summed E-state index contributed by atoms with van der Waals surface area (Å²) >= 11 is 13.0. The molecule has 166 valence electrons. The van der Waals surface area contributed by atoms with Gasteiger partial charge in [-0.1, -0.05) is 29.3 Å². The van der Waals surface area contributed by atoms with E-state index in [-0.39, 0.29) is 37.5 Å². The van der Waals surface area contributed by atoms with E-state index >= 15 is 0 Å². The molecule has 1 aromatic rings. The molecule has 0 saturated carbocycles. The Labute approximate surface area is 189 Å². The summed E-state index contributed by atoms with van der Waals surface area (Å²) in [6, 6.07) is 3.75. The number of aliphatic hydroxyl groups is 1. The largest absolute Gasteiger partial charge is 0.484 e. The summed E-state index contributed by atoms with van der Waals surface area (Å²) in [6.45, 7) is 5.60. The van der Waals surface area contributed by atoms with Crippen LogP contribution in [0.2, 0.25) is 10.0 Å². The van der Waals surface area contributed by atoms with E-state index in [0.717, 1.165) is 0 Å². The Kier molecular flexibility index (Phi) is 10.2. The van der Waals surface area contributed by atoms with Crippen LogP contribution in [0.5, 0.6) is 5.75 Å². The molecule has 0 aliphatic carbocycles. The fourth-order valence-corrected chi connectivity index (χ4v) is 3.52. The second-order valence-electron chi connectivity index (χ2n) is 6.65. The quantitative estimate of drug-likeness (QED) is 0.301. The average Bonchev–Trinajstić information content (AvgIpc) is 2.72. The lowest BCUT2D eigenvalue weighted by Gasteiger charge is -2.28. The van der Waals surface area contributed by atoms with Gasteiger partial charge in [0.05, 0.1) is 28.1 Å². The van der Waals surface area contributed by atoms with Crippen molar-refractivity contribution in [2.45, 2.75) is 36.9 Å². The number of hydrogen-bond acceptors (Lipinski definition) is 7. The number of rotatable bonds is 10. The summed E-state index contributed by atoms with van der Waals surface area (Å²) in [5.41, 5.74) is 0. The Morgan fingerprint density at radius 3 is 2.90 bits per heavy atom. The number of carbonyl (C=O) groups is 2. The molecule has 1 heterocycles. The summed E-state index contributed by atoms with van der Waals surface area (Å²) in [4.78, 5) is 24.3. The van der Waals surface area contributed by atoms with Gasteiger partial charge in [-0.25, -0.2) is 0 Å². The molecule has 2 amide bonds. The molecule has 0 radical (unpaired) electrons. The van der Waals surface area contributed by atoms with Crippen molar-refractivity contribution in [2.24, 2.45) is 0 Å². The van der Waals surface area contributed by atoms with Crippen LogP contribution >= 0.6 is 35.2 Å². The smallest absolute Gasteiger partial charge is 0.258 e. The molecule has 0 bridgehead atoms. The number of aliphatic hydroxyl groups excluding tert-OH is 1. The van der Waals surface area contributed by atoms with Gasteiger partial charge in [-0.3, -0.25) is 14.9 Å². The normalized spacial score (nSPS) is 20.7. The summed E-state index contributed by atoms with van der Waals surface area (Å²) in [7, 11) is 0. The zero-order valence-electron chi connectivity index (χ0n) is 16.4. The third kappa shape index (κ3) is 8.33. The van der Waals surface area contributed by atoms with E-state index in [4.69, 9.17) is 32.1 Å². The molecule has 4 atom stereocenters. The lowest BCUT2D eigenvalue weighted by atomic mass is 10.1. The predicted molar refractivity (Wildman–Crippen MR) is 118 cm³/mol. The maximum absolute atomic E-state index is 12.3. The molecule has 0 aromatic heterocycles. The summed E-state index contributed by atoms with van der Waals surface area (Å²) < 4.78 is 10.6. The first-order chi connectivity index (χ1) is 14.3. The van der Waals surface area contributed by atoms with E-state index in [0.29, 0.717) is 15.8 Å². The molecule has 8 nitrogen and oxygen atoms in total. The molecule has 1 fully saturated rings. The number of halogens is 2. The minimum atomic E-state index is -0.882. The second-order valence-corrected chi connectivity index (χ2v) is 8.60. The van der Waals surface area contributed by atoms with E-state index in [2.05, 4.69) is 22.5 Å². The summed E-state index contributed by atoms with van der Waals surface area (Å²) in [6.07, 6.45) is 0.853. The minimum absolute atomic E-state index is 0.00222. The van der Waals surface area contributed by atoms with E-state index in [1.54, 1.807) is 12.1 Å². The summed E-state index contributed by atoms with van der Waals surface area (Å²) in [5, 5.41) is 19.4. The maximum atomic E-state index is 12.3. The Morgan fingerprint density at radius 2 is 2.23 bits per heavy atom. The van der Waals surface area contributed by atoms with Crippen LogP contribution in [-0.4, -0.2) is 60.2 Å². The van der Waals surface area contributed by atoms with Crippen LogP contribution in [-0.2, 0) is 13.8 Å². The molecule has 1 aromatic carbocycles. The van der Waals surface area contributed by atoms with Crippen molar-refractivity contribution in [2.75, 3.05) is 19.8 Å². The third-order valence-corrected chi connectivity index (χ3v) is 5.57. The van der Waals surface area contributed by atoms with Crippen molar-refractivity contribution < 1.29 is 23.6 Å². The Balaban J connectivity index is 1.70. The van der Waals surface area contributed by atoms with Crippen LogP contribution in [0.1, 0.15) is 13.3 Å². The molecule has 30 heavy (non-hydrogen) atoms. The first-order valence-electron chi connectivity index (χ1n) is 9.28. The molecule has 2 rings (SSSR count). The Morgan fingerprint density at radius 1 is 1.47 bits per heavy atom. The Hall–Kier alpha value is -1.49. The molecular formula is C19H25Cl2N3O5S. The molecule has 1 saturated heterocycles. The van der Waals surface area contributed by atoms with E-state index in [1.165, 1.54) is 24.2 Å². The summed E-state index contributed by atoms with van der Waals surface area (Å²) in [5.74, 6) is -0.241. The van der Waals surface area contributed by atoms with Gasteiger partial charge in [0.25, 0.3) is 5.91 Å².